The first-order valence-electron chi connectivity index (χ1n) is 10.5. The third kappa shape index (κ3) is 3.69. The lowest BCUT2D eigenvalue weighted by Crippen LogP contribution is -2.42. The summed E-state index contributed by atoms with van der Waals surface area (Å²) in [7, 11) is 0. The summed E-state index contributed by atoms with van der Waals surface area (Å²) in [5.41, 5.74) is 1.21. The minimum atomic E-state index is -0.363. The maximum Gasteiger partial charge on any atom is 0.333 e. The zero-order valence-electron chi connectivity index (χ0n) is 17.3. The summed E-state index contributed by atoms with van der Waals surface area (Å²) in [6, 6.07) is 0.422. The standard InChI is InChI=1S/C20H24N8O3/c1-13-7-20(19(30)28(13)16-6-18(29)31-11-16)4-2-14(3-5-20)21-8-15-9-23-17(10-22-15)27-12-24-25-26-27/h6,9-10,12-14,21H,2-5,7-8,11H2,1H3/t13-,14-,20-/m0/s1. The molecule has 0 radical (unpaired) electrons. The average Bonchev–Trinajstić information content (AvgIpc) is 3.50. The van der Waals surface area contributed by atoms with Gasteiger partial charge >= 0.3 is 5.97 Å². The molecule has 1 aliphatic carbocycles. The molecule has 4 heterocycles. The van der Waals surface area contributed by atoms with Crippen LogP contribution in [0.2, 0.25) is 0 Å². The normalized spacial score (nSPS) is 28.3. The van der Waals surface area contributed by atoms with E-state index in [4.69, 9.17) is 4.74 Å². The predicted molar refractivity (Wildman–Crippen MR) is 106 cm³/mol. The topological polar surface area (TPSA) is 128 Å². The van der Waals surface area contributed by atoms with Crippen LogP contribution in [0.15, 0.2) is 30.5 Å². The van der Waals surface area contributed by atoms with Gasteiger partial charge in [0.25, 0.3) is 0 Å². The molecule has 3 aliphatic rings. The first kappa shape index (κ1) is 19.7. The van der Waals surface area contributed by atoms with E-state index in [2.05, 4.69) is 37.7 Å². The second-order valence-electron chi connectivity index (χ2n) is 8.53. The molecule has 0 bridgehead atoms. The van der Waals surface area contributed by atoms with E-state index in [1.54, 1.807) is 17.3 Å². The molecule has 162 valence electrons. The molecule has 1 saturated heterocycles. The Kier molecular flexibility index (Phi) is 4.97. The van der Waals surface area contributed by atoms with E-state index in [9.17, 15) is 9.59 Å². The van der Waals surface area contributed by atoms with Crippen molar-refractivity contribution in [1.82, 2.24) is 40.4 Å². The number of hydrogen-bond donors (Lipinski definition) is 1. The maximum atomic E-state index is 13.3. The van der Waals surface area contributed by atoms with Crippen LogP contribution in [0.4, 0.5) is 0 Å². The highest BCUT2D eigenvalue weighted by Crippen LogP contribution is 2.48. The summed E-state index contributed by atoms with van der Waals surface area (Å²) in [5, 5.41) is 14.5. The van der Waals surface area contributed by atoms with Crippen molar-refractivity contribution >= 4 is 11.9 Å². The van der Waals surface area contributed by atoms with Gasteiger partial charge < -0.3 is 15.0 Å². The zero-order valence-corrected chi connectivity index (χ0v) is 17.3. The van der Waals surface area contributed by atoms with E-state index in [1.165, 1.54) is 17.1 Å². The minimum Gasteiger partial charge on any atom is -0.456 e. The number of carbonyl (C=O) groups is 2. The van der Waals surface area contributed by atoms with E-state index < -0.39 is 0 Å². The van der Waals surface area contributed by atoms with Gasteiger partial charge in [-0.05, 0) is 49.5 Å². The highest BCUT2D eigenvalue weighted by atomic mass is 16.5. The fourth-order valence-corrected chi connectivity index (χ4v) is 4.98. The van der Waals surface area contributed by atoms with Gasteiger partial charge in [0.2, 0.25) is 5.91 Å². The summed E-state index contributed by atoms with van der Waals surface area (Å²) in [4.78, 5) is 35.3. The lowest BCUT2D eigenvalue weighted by Gasteiger charge is -2.36. The van der Waals surface area contributed by atoms with Crippen molar-refractivity contribution in [2.75, 3.05) is 6.61 Å². The molecule has 0 aromatic carbocycles. The van der Waals surface area contributed by atoms with Crippen molar-refractivity contribution in [3.8, 4) is 5.82 Å². The number of aromatic nitrogens is 6. The lowest BCUT2D eigenvalue weighted by atomic mass is 9.70. The first-order valence-corrected chi connectivity index (χ1v) is 10.5. The zero-order chi connectivity index (χ0) is 21.4. The summed E-state index contributed by atoms with van der Waals surface area (Å²) < 4.78 is 6.47. The summed E-state index contributed by atoms with van der Waals surface area (Å²) in [6.07, 6.45) is 10.6. The highest BCUT2D eigenvalue weighted by molar-refractivity contribution is 5.91. The predicted octanol–water partition coefficient (Wildman–Crippen LogP) is 0.532. The quantitative estimate of drug-likeness (QED) is 0.684. The van der Waals surface area contributed by atoms with Crippen LogP contribution >= 0.6 is 0 Å². The van der Waals surface area contributed by atoms with E-state index in [1.807, 2.05) is 0 Å². The van der Waals surface area contributed by atoms with Gasteiger partial charge in [0.05, 0.1) is 29.2 Å². The molecule has 11 nitrogen and oxygen atoms in total. The second-order valence-corrected chi connectivity index (χ2v) is 8.53. The Morgan fingerprint density at radius 1 is 1.23 bits per heavy atom. The molecule has 1 amide bonds. The molecule has 0 unspecified atom stereocenters. The molecule has 1 N–H and O–H groups in total. The number of tetrazole rings is 1. The molecule has 2 fully saturated rings. The van der Waals surface area contributed by atoms with Gasteiger partial charge in [-0.3, -0.25) is 9.78 Å². The van der Waals surface area contributed by atoms with Crippen LogP contribution in [0.5, 0.6) is 0 Å². The third-order valence-corrected chi connectivity index (χ3v) is 6.55. The maximum absolute atomic E-state index is 13.3. The van der Waals surface area contributed by atoms with Gasteiger partial charge in [0.1, 0.15) is 12.9 Å². The number of likely N-dealkylation sites (tertiary alicyclic amines) is 1. The van der Waals surface area contributed by atoms with Crippen molar-refractivity contribution in [3.05, 3.63) is 36.2 Å². The highest BCUT2D eigenvalue weighted by Gasteiger charge is 2.52. The minimum absolute atomic E-state index is 0.0896. The largest absolute Gasteiger partial charge is 0.456 e. The number of nitrogens with one attached hydrogen (secondary N) is 1. The Morgan fingerprint density at radius 3 is 2.71 bits per heavy atom. The molecular formula is C20H24N8O3. The molecule has 2 aromatic heterocycles. The summed E-state index contributed by atoms with van der Waals surface area (Å²) in [5.74, 6) is 0.348. The number of cyclic esters (lactones) is 1. The smallest absolute Gasteiger partial charge is 0.333 e. The molecule has 2 aromatic rings. The Morgan fingerprint density at radius 2 is 2.06 bits per heavy atom. The van der Waals surface area contributed by atoms with Gasteiger partial charge in [-0.15, -0.1) is 5.10 Å². The van der Waals surface area contributed by atoms with Crippen molar-refractivity contribution < 1.29 is 14.3 Å². The van der Waals surface area contributed by atoms with E-state index >= 15 is 0 Å². The second kappa shape index (κ2) is 7.80. The van der Waals surface area contributed by atoms with E-state index in [-0.39, 0.29) is 29.9 Å². The van der Waals surface area contributed by atoms with Gasteiger partial charge in [0.15, 0.2) is 5.82 Å². The summed E-state index contributed by atoms with van der Waals surface area (Å²) >= 11 is 0. The number of esters is 1. The molecule has 31 heavy (non-hydrogen) atoms. The third-order valence-electron chi connectivity index (χ3n) is 6.55. The number of ether oxygens (including phenoxy) is 1. The fourth-order valence-electron chi connectivity index (χ4n) is 4.98. The van der Waals surface area contributed by atoms with Crippen LogP contribution < -0.4 is 5.32 Å². The summed E-state index contributed by atoms with van der Waals surface area (Å²) in [6.45, 7) is 2.87. The van der Waals surface area contributed by atoms with Gasteiger partial charge in [0, 0.05) is 24.7 Å². The number of carbonyl (C=O) groups excluding carboxylic acids is 2. The SMILES string of the molecule is C[C@H]1C[C@]2(CC[C@@H](NCc3cnc(-n4cnnn4)cn3)CC2)C(=O)N1C1=CC(=O)OC1. The van der Waals surface area contributed by atoms with Gasteiger partial charge in [-0.25, -0.2) is 9.78 Å². The Bertz CT molecular complexity index is 996. The van der Waals surface area contributed by atoms with Crippen molar-refractivity contribution in [2.45, 2.75) is 57.7 Å². The Hall–Kier alpha value is -3.21. The lowest BCUT2D eigenvalue weighted by molar-refractivity contribution is -0.138. The van der Waals surface area contributed by atoms with Crippen LogP contribution in [-0.4, -0.2) is 65.6 Å². The molecule has 11 heteroatoms. The molecule has 1 saturated carbocycles. The Labute approximate surface area is 178 Å². The first-order chi connectivity index (χ1) is 15.0. The van der Waals surface area contributed by atoms with Gasteiger partial charge in [-0.2, -0.15) is 4.68 Å². The molecule has 5 rings (SSSR count). The van der Waals surface area contributed by atoms with Crippen molar-refractivity contribution in [2.24, 2.45) is 5.41 Å². The molecule has 1 atom stereocenters. The van der Waals surface area contributed by atoms with Crippen LogP contribution in [0.1, 0.15) is 44.7 Å². The van der Waals surface area contributed by atoms with Crippen molar-refractivity contribution in [1.29, 1.82) is 0 Å². The number of amides is 1. The number of nitrogens with zero attached hydrogens (tertiary/aromatic N) is 7. The van der Waals surface area contributed by atoms with Crippen LogP contribution in [0, 0.1) is 5.41 Å². The molecule has 1 spiro atoms. The van der Waals surface area contributed by atoms with Crippen molar-refractivity contribution in [3.63, 3.8) is 0 Å². The monoisotopic (exact) mass is 424 g/mol. The average molecular weight is 424 g/mol. The fraction of sp³-hybridized carbons (Fsp3) is 0.550. The molecule has 2 aliphatic heterocycles. The number of rotatable bonds is 5. The Balaban J connectivity index is 1.16. The number of hydrogen-bond acceptors (Lipinski definition) is 9. The van der Waals surface area contributed by atoms with Crippen LogP contribution in [-0.2, 0) is 20.9 Å². The molecular weight excluding hydrogens is 400 g/mol. The van der Waals surface area contributed by atoms with E-state index in [0.717, 1.165) is 37.8 Å². The van der Waals surface area contributed by atoms with E-state index in [0.29, 0.717) is 24.1 Å². The van der Waals surface area contributed by atoms with Gasteiger partial charge in [-0.1, -0.05) is 0 Å². The van der Waals surface area contributed by atoms with Crippen LogP contribution in [0.3, 0.4) is 0 Å². The van der Waals surface area contributed by atoms with Crippen LogP contribution in [0.25, 0.3) is 5.82 Å².